The third kappa shape index (κ3) is 2.15. The summed E-state index contributed by atoms with van der Waals surface area (Å²) in [6, 6.07) is 6.12. The van der Waals surface area contributed by atoms with Crippen molar-refractivity contribution in [2.24, 2.45) is 0 Å². The molecule has 0 bridgehead atoms. The lowest BCUT2D eigenvalue weighted by Gasteiger charge is -2.34. The van der Waals surface area contributed by atoms with Crippen molar-refractivity contribution < 1.29 is 4.74 Å². The molecule has 1 fully saturated rings. The Morgan fingerprint density at radius 1 is 1.56 bits per heavy atom. The van der Waals surface area contributed by atoms with Crippen molar-refractivity contribution in [3.8, 4) is 6.07 Å². The summed E-state index contributed by atoms with van der Waals surface area (Å²) in [6.45, 7) is 6.30. The van der Waals surface area contributed by atoms with Crippen LogP contribution < -0.4 is 4.90 Å². The van der Waals surface area contributed by atoms with E-state index in [1.54, 1.807) is 6.07 Å². The van der Waals surface area contributed by atoms with Crippen molar-refractivity contribution in [3.63, 3.8) is 0 Å². The lowest BCUT2D eigenvalue weighted by Crippen LogP contribution is -2.44. The Morgan fingerprint density at radius 3 is 3.06 bits per heavy atom. The summed E-state index contributed by atoms with van der Waals surface area (Å²) in [7, 11) is 0. The molecular formula is C12H15N3O. The van der Waals surface area contributed by atoms with E-state index in [9.17, 15) is 0 Å². The molecule has 0 radical (unpaired) electrons. The minimum atomic E-state index is 0.314. The maximum Gasteiger partial charge on any atom is 0.130 e. The molecule has 1 aliphatic heterocycles. The third-order valence-electron chi connectivity index (χ3n) is 2.73. The highest BCUT2D eigenvalue weighted by Crippen LogP contribution is 2.19. The number of anilines is 1. The van der Waals surface area contributed by atoms with Crippen LogP contribution in [0.3, 0.4) is 0 Å². The van der Waals surface area contributed by atoms with Gasteiger partial charge in [-0.2, -0.15) is 5.26 Å². The summed E-state index contributed by atoms with van der Waals surface area (Å²) in [5.41, 5.74) is 1.55. The summed E-state index contributed by atoms with van der Waals surface area (Å²) in [4.78, 5) is 6.67. The van der Waals surface area contributed by atoms with E-state index in [-0.39, 0.29) is 0 Å². The van der Waals surface area contributed by atoms with Crippen LogP contribution in [0.5, 0.6) is 0 Å². The second-order valence-corrected chi connectivity index (χ2v) is 4.08. The molecule has 0 N–H and O–H groups in total. The van der Waals surface area contributed by atoms with E-state index < -0.39 is 0 Å². The number of hydrogen-bond acceptors (Lipinski definition) is 4. The SMILES string of the molecule is Cc1cc(C#N)cc(N2CCOCC2C)n1. The highest BCUT2D eigenvalue weighted by molar-refractivity contribution is 5.47. The molecule has 4 nitrogen and oxygen atoms in total. The van der Waals surface area contributed by atoms with Gasteiger partial charge in [0.1, 0.15) is 5.82 Å². The van der Waals surface area contributed by atoms with Gasteiger partial charge in [-0.25, -0.2) is 4.98 Å². The van der Waals surface area contributed by atoms with Gasteiger partial charge in [0.05, 0.1) is 30.9 Å². The number of pyridine rings is 1. The van der Waals surface area contributed by atoms with E-state index >= 15 is 0 Å². The van der Waals surface area contributed by atoms with Gasteiger partial charge in [-0.05, 0) is 26.0 Å². The van der Waals surface area contributed by atoms with Gasteiger partial charge >= 0.3 is 0 Å². The van der Waals surface area contributed by atoms with E-state index in [0.717, 1.165) is 31.3 Å². The maximum atomic E-state index is 8.93. The molecule has 1 unspecified atom stereocenters. The zero-order valence-corrected chi connectivity index (χ0v) is 9.60. The van der Waals surface area contributed by atoms with Crippen LogP contribution in [0.4, 0.5) is 5.82 Å². The molecule has 0 spiro atoms. The van der Waals surface area contributed by atoms with Gasteiger partial charge in [0.2, 0.25) is 0 Å². The summed E-state index contributed by atoms with van der Waals surface area (Å²) >= 11 is 0. The highest BCUT2D eigenvalue weighted by Gasteiger charge is 2.20. The number of hydrogen-bond donors (Lipinski definition) is 0. The number of nitrogens with zero attached hydrogens (tertiary/aromatic N) is 3. The van der Waals surface area contributed by atoms with E-state index in [2.05, 4.69) is 22.9 Å². The molecule has 0 saturated carbocycles. The van der Waals surface area contributed by atoms with Crippen molar-refractivity contribution in [1.29, 1.82) is 5.26 Å². The molecular weight excluding hydrogens is 202 g/mol. The summed E-state index contributed by atoms with van der Waals surface area (Å²) in [5, 5.41) is 8.93. The number of ether oxygens (including phenoxy) is 1. The van der Waals surface area contributed by atoms with Crippen molar-refractivity contribution in [3.05, 3.63) is 23.4 Å². The Hall–Kier alpha value is -1.60. The van der Waals surface area contributed by atoms with Gasteiger partial charge in [-0.1, -0.05) is 0 Å². The molecule has 2 heterocycles. The van der Waals surface area contributed by atoms with E-state index in [1.165, 1.54) is 0 Å². The summed E-state index contributed by atoms with van der Waals surface area (Å²) < 4.78 is 5.39. The van der Waals surface area contributed by atoms with Crippen LogP contribution in [0.2, 0.25) is 0 Å². The largest absolute Gasteiger partial charge is 0.377 e. The Labute approximate surface area is 95.5 Å². The second kappa shape index (κ2) is 4.50. The van der Waals surface area contributed by atoms with Crippen molar-refractivity contribution in [1.82, 2.24) is 4.98 Å². The molecule has 1 saturated heterocycles. The number of nitriles is 1. The first-order chi connectivity index (χ1) is 7.70. The maximum absolute atomic E-state index is 8.93. The lowest BCUT2D eigenvalue weighted by molar-refractivity contribution is 0.0985. The number of rotatable bonds is 1. The quantitative estimate of drug-likeness (QED) is 0.715. The van der Waals surface area contributed by atoms with Crippen LogP contribution in [0.25, 0.3) is 0 Å². The van der Waals surface area contributed by atoms with Crippen LogP contribution in [0.1, 0.15) is 18.2 Å². The van der Waals surface area contributed by atoms with Gasteiger partial charge in [0, 0.05) is 12.2 Å². The second-order valence-electron chi connectivity index (χ2n) is 4.08. The molecule has 4 heteroatoms. The Bertz CT molecular complexity index is 425. The molecule has 1 aliphatic rings. The molecule has 0 aliphatic carbocycles. The first kappa shape index (κ1) is 10.9. The van der Waals surface area contributed by atoms with Gasteiger partial charge in [-0.15, -0.1) is 0 Å². The summed E-state index contributed by atoms with van der Waals surface area (Å²) in [6.07, 6.45) is 0. The topological polar surface area (TPSA) is 49.2 Å². The van der Waals surface area contributed by atoms with Crippen LogP contribution in [-0.4, -0.2) is 30.8 Å². The predicted octanol–water partition coefficient (Wildman–Crippen LogP) is 1.49. The molecule has 1 aromatic heterocycles. The molecule has 16 heavy (non-hydrogen) atoms. The number of morpholine rings is 1. The number of aromatic nitrogens is 1. The van der Waals surface area contributed by atoms with Gasteiger partial charge in [0.25, 0.3) is 0 Å². The minimum Gasteiger partial charge on any atom is -0.377 e. The lowest BCUT2D eigenvalue weighted by atomic mass is 10.2. The van der Waals surface area contributed by atoms with E-state index in [0.29, 0.717) is 11.6 Å². The van der Waals surface area contributed by atoms with Crippen molar-refractivity contribution >= 4 is 5.82 Å². The van der Waals surface area contributed by atoms with Crippen LogP contribution >= 0.6 is 0 Å². The predicted molar refractivity (Wildman–Crippen MR) is 61.3 cm³/mol. The fourth-order valence-electron chi connectivity index (χ4n) is 1.93. The standard InChI is InChI=1S/C12H15N3O/c1-9-5-11(7-13)6-12(14-9)15-3-4-16-8-10(15)2/h5-6,10H,3-4,8H2,1-2H3. The minimum absolute atomic E-state index is 0.314. The average Bonchev–Trinajstić information content (AvgIpc) is 2.28. The Balaban J connectivity index is 2.32. The first-order valence-corrected chi connectivity index (χ1v) is 5.44. The smallest absolute Gasteiger partial charge is 0.130 e. The van der Waals surface area contributed by atoms with Crippen LogP contribution in [0, 0.1) is 18.3 Å². The van der Waals surface area contributed by atoms with Crippen molar-refractivity contribution in [2.75, 3.05) is 24.7 Å². The van der Waals surface area contributed by atoms with Crippen molar-refractivity contribution in [2.45, 2.75) is 19.9 Å². The van der Waals surface area contributed by atoms with E-state index in [4.69, 9.17) is 10.00 Å². The van der Waals surface area contributed by atoms with Gasteiger partial charge in [-0.3, -0.25) is 0 Å². The zero-order valence-electron chi connectivity index (χ0n) is 9.60. The highest BCUT2D eigenvalue weighted by atomic mass is 16.5. The molecule has 1 atom stereocenters. The molecule has 0 aromatic carbocycles. The van der Waals surface area contributed by atoms with Gasteiger partial charge in [0.15, 0.2) is 0 Å². The molecule has 84 valence electrons. The first-order valence-electron chi connectivity index (χ1n) is 5.44. The summed E-state index contributed by atoms with van der Waals surface area (Å²) in [5.74, 6) is 0.882. The van der Waals surface area contributed by atoms with Crippen LogP contribution in [0.15, 0.2) is 12.1 Å². The fourth-order valence-corrected chi connectivity index (χ4v) is 1.93. The van der Waals surface area contributed by atoms with Crippen LogP contribution in [-0.2, 0) is 4.74 Å². The third-order valence-corrected chi connectivity index (χ3v) is 2.73. The fraction of sp³-hybridized carbons (Fsp3) is 0.500. The normalized spacial score (nSPS) is 20.6. The van der Waals surface area contributed by atoms with Gasteiger partial charge < -0.3 is 9.64 Å². The molecule has 0 amide bonds. The Kier molecular flexibility index (Phi) is 3.07. The zero-order chi connectivity index (χ0) is 11.5. The average molecular weight is 217 g/mol. The Morgan fingerprint density at radius 2 is 2.38 bits per heavy atom. The van der Waals surface area contributed by atoms with E-state index in [1.807, 2.05) is 13.0 Å². The molecule has 1 aromatic rings. The monoisotopic (exact) mass is 217 g/mol. The number of aryl methyl sites for hydroxylation is 1. The molecule has 2 rings (SSSR count).